The van der Waals surface area contributed by atoms with Crippen LogP contribution in [0.2, 0.25) is 0 Å². The quantitative estimate of drug-likeness (QED) is 0.0815. The maximum absolute atomic E-state index is 14.1. The van der Waals surface area contributed by atoms with E-state index in [1.165, 1.54) is 19.4 Å². The van der Waals surface area contributed by atoms with Crippen molar-refractivity contribution >= 4 is 64.1 Å². The van der Waals surface area contributed by atoms with E-state index in [0.29, 0.717) is 29.7 Å². The van der Waals surface area contributed by atoms with E-state index in [1.807, 2.05) is 24.3 Å². The predicted octanol–water partition coefficient (Wildman–Crippen LogP) is -2.23. The average molecular weight is 869 g/mol. The molecule has 3 heterocycles. The number of nitrogens with two attached hydrogens (primary N) is 1. The number of aromatic amines is 2. The Bertz CT molecular complexity index is 2260. The van der Waals surface area contributed by atoms with Crippen LogP contribution < -0.4 is 48.3 Å². The molecular formula is C42H52N12O9. The molecule has 1 aliphatic rings. The molecule has 5 atom stereocenters. The maximum Gasteiger partial charge on any atom is 0.243 e. The number of hydrogen-bond donors (Lipinski definition) is 11. The van der Waals surface area contributed by atoms with Gasteiger partial charge in [0.25, 0.3) is 0 Å². The second-order valence-corrected chi connectivity index (χ2v) is 15.0. The zero-order chi connectivity index (χ0) is 45.3. The molecule has 2 aromatic heterocycles. The number of nitrogens with zero attached hydrogens (tertiary/aromatic N) is 1. The second kappa shape index (κ2) is 22.9. The predicted molar refractivity (Wildman–Crippen MR) is 226 cm³/mol. The summed E-state index contributed by atoms with van der Waals surface area (Å²) in [7, 11) is 0. The van der Waals surface area contributed by atoms with Gasteiger partial charge in [-0.05, 0) is 36.5 Å². The Labute approximate surface area is 361 Å². The number of benzene rings is 2. The van der Waals surface area contributed by atoms with Crippen LogP contribution in [0.1, 0.15) is 49.4 Å². The first-order valence-corrected chi connectivity index (χ1v) is 20.4. The van der Waals surface area contributed by atoms with Crippen molar-refractivity contribution in [1.82, 2.24) is 57.5 Å². The Morgan fingerprint density at radius 3 is 2.17 bits per heavy atom. The smallest absolute Gasteiger partial charge is 0.243 e. The number of para-hydroxylation sites is 1. The van der Waals surface area contributed by atoms with E-state index >= 15 is 0 Å². The number of amides is 9. The first kappa shape index (κ1) is 46.5. The summed E-state index contributed by atoms with van der Waals surface area (Å²) in [5.41, 5.74) is 8.22. The highest BCUT2D eigenvalue weighted by Gasteiger charge is 2.32. The van der Waals surface area contributed by atoms with Crippen molar-refractivity contribution in [3.05, 3.63) is 90.1 Å². The van der Waals surface area contributed by atoms with Crippen molar-refractivity contribution in [3.8, 4) is 0 Å². The lowest BCUT2D eigenvalue weighted by Gasteiger charge is -2.25. The van der Waals surface area contributed by atoms with E-state index < -0.39 is 103 Å². The SMILES string of the molecule is CC(=O)NCC(=O)NC1CC(=O)NCCCCC(C(N)=O)NC(=O)[C@H](Cc2c[nH]c3ccccc23)NC(=O)CNC(=O)C(Cc2ccccc2)NC(=O)[C@H](Cc2cnc[nH]2)NC1=O. The normalized spacial score (nSPS) is 21.4. The summed E-state index contributed by atoms with van der Waals surface area (Å²) in [6, 6.07) is 9.44. The summed E-state index contributed by atoms with van der Waals surface area (Å²) >= 11 is 0. The third-order valence-electron chi connectivity index (χ3n) is 10.1. The van der Waals surface area contributed by atoms with Gasteiger partial charge < -0.3 is 58.2 Å². The number of carbonyl (C=O) groups is 9. The van der Waals surface area contributed by atoms with Crippen molar-refractivity contribution in [2.45, 2.75) is 82.1 Å². The van der Waals surface area contributed by atoms with Crippen LogP contribution >= 0.6 is 0 Å². The van der Waals surface area contributed by atoms with Crippen LogP contribution in [0.15, 0.2) is 73.3 Å². The molecule has 0 aliphatic carbocycles. The molecular weight excluding hydrogens is 817 g/mol. The molecule has 1 saturated heterocycles. The molecule has 63 heavy (non-hydrogen) atoms. The van der Waals surface area contributed by atoms with E-state index in [0.717, 1.165) is 10.9 Å². The van der Waals surface area contributed by atoms with E-state index in [4.69, 9.17) is 5.73 Å². The van der Waals surface area contributed by atoms with Crippen molar-refractivity contribution in [1.29, 1.82) is 0 Å². The van der Waals surface area contributed by atoms with Crippen LogP contribution in [0, 0.1) is 0 Å². The number of primary amides is 1. The Kier molecular flexibility index (Phi) is 16.9. The lowest BCUT2D eigenvalue weighted by Crippen LogP contribution is -2.59. The van der Waals surface area contributed by atoms with Crippen LogP contribution in [-0.2, 0) is 62.4 Å². The van der Waals surface area contributed by atoms with Crippen LogP contribution in [-0.4, -0.2) is 118 Å². The summed E-state index contributed by atoms with van der Waals surface area (Å²) in [5, 5.41) is 21.3. The Morgan fingerprint density at radius 2 is 1.44 bits per heavy atom. The molecule has 0 saturated carbocycles. The van der Waals surface area contributed by atoms with Crippen LogP contribution in [0.25, 0.3) is 10.9 Å². The average Bonchev–Trinajstić information content (AvgIpc) is 3.93. The standard InChI is InChI=1S/C42H52N12O9/c1-24(55)46-21-36(57)51-34-18-35(56)45-14-8-7-13-30(38(43)59)52-40(61)32(16-26-19-47-29-12-6-5-11-28(26)29)50-37(58)22-48-39(60)31(15-25-9-3-2-4-10-25)53-41(62)33(54-42(34)63)17-27-20-44-23-49-27/h2-6,9-12,19-20,23,30-34,47H,7-8,13-18,21-22H2,1H3,(H2,43,59)(H,44,49)(H,45,56)(H,46,55)(H,48,60)(H,50,58)(H,51,57)(H,52,61)(H,53,62)(H,54,63)/t30?,31?,32-,33-,34?/m0/s1. The summed E-state index contributed by atoms with van der Waals surface area (Å²) < 4.78 is 0. The van der Waals surface area contributed by atoms with Gasteiger partial charge in [-0.2, -0.15) is 0 Å². The van der Waals surface area contributed by atoms with Crippen LogP contribution in [0.5, 0.6) is 0 Å². The fourth-order valence-electron chi connectivity index (χ4n) is 6.87. The molecule has 21 heteroatoms. The second-order valence-electron chi connectivity index (χ2n) is 15.0. The maximum atomic E-state index is 14.1. The highest BCUT2D eigenvalue weighted by atomic mass is 16.2. The van der Waals surface area contributed by atoms with Gasteiger partial charge in [-0.3, -0.25) is 43.2 Å². The van der Waals surface area contributed by atoms with Crippen molar-refractivity contribution < 1.29 is 43.2 Å². The number of H-pyrrole nitrogens is 2. The van der Waals surface area contributed by atoms with E-state index in [2.05, 4.69) is 57.5 Å². The molecule has 12 N–H and O–H groups in total. The number of fused-ring (bicyclic) bond motifs is 1. The fourth-order valence-corrected chi connectivity index (χ4v) is 6.87. The minimum atomic E-state index is -1.53. The summed E-state index contributed by atoms with van der Waals surface area (Å²) in [4.78, 5) is 129. The van der Waals surface area contributed by atoms with Gasteiger partial charge in [0.1, 0.15) is 30.2 Å². The van der Waals surface area contributed by atoms with Gasteiger partial charge in [-0.15, -0.1) is 0 Å². The first-order chi connectivity index (χ1) is 30.2. The first-order valence-electron chi connectivity index (χ1n) is 20.4. The number of aromatic nitrogens is 3. The van der Waals surface area contributed by atoms with Gasteiger partial charge in [0.2, 0.25) is 53.2 Å². The fraction of sp³-hybridized carbons (Fsp3) is 0.381. The minimum absolute atomic E-state index is 0.00212. The zero-order valence-electron chi connectivity index (χ0n) is 34.6. The van der Waals surface area contributed by atoms with Crippen molar-refractivity contribution in [3.63, 3.8) is 0 Å². The Morgan fingerprint density at radius 1 is 0.746 bits per heavy atom. The topological polar surface area (TPSA) is 320 Å². The van der Waals surface area contributed by atoms with Gasteiger partial charge in [0.05, 0.1) is 25.8 Å². The number of imidazole rings is 1. The highest BCUT2D eigenvalue weighted by Crippen LogP contribution is 2.19. The lowest BCUT2D eigenvalue weighted by atomic mass is 10.0. The molecule has 5 rings (SSSR count). The number of nitrogens with one attached hydrogen (secondary N) is 10. The zero-order valence-corrected chi connectivity index (χ0v) is 34.6. The molecule has 2 aromatic carbocycles. The summed E-state index contributed by atoms with van der Waals surface area (Å²) in [5.74, 6) is -6.80. The molecule has 1 aliphatic heterocycles. The van der Waals surface area contributed by atoms with Crippen molar-refractivity contribution in [2.75, 3.05) is 19.6 Å². The monoisotopic (exact) mass is 868 g/mol. The Balaban J connectivity index is 1.44. The number of rotatable bonds is 10. The lowest BCUT2D eigenvalue weighted by molar-refractivity contribution is -0.135. The minimum Gasteiger partial charge on any atom is -0.368 e. The molecule has 9 amide bonds. The van der Waals surface area contributed by atoms with Gasteiger partial charge >= 0.3 is 0 Å². The van der Waals surface area contributed by atoms with Gasteiger partial charge in [-0.1, -0.05) is 48.5 Å². The Hall–Kier alpha value is -7.58. The molecule has 3 unspecified atom stereocenters. The molecule has 1 fully saturated rings. The van der Waals surface area contributed by atoms with Crippen molar-refractivity contribution in [2.24, 2.45) is 5.73 Å². The molecule has 334 valence electrons. The van der Waals surface area contributed by atoms with E-state index in [-0.39, 0.29) is 32.2 Å². The van der Waals surface area contributed by atoms with Crippen LogP contribution in [0.3, 0.4) is 0 Å². The van der Waals surface area contributed by atoms with Crippen LogP contribution in [0.4, 0.5) is 0 Å². The molecule has 21 nitrogen and oxygen atoms in total. The third-order valence-corrected chi connectivity index (χ3v) is 10.1. The van der Waals surface area contributed by atoms with Gasteiger partial charge in [0, 0.05) is 61.7 Å². The van der Waals surface area contributed by atoms with E-state index in [9.17, 15) is 43.2 Å². The summed E-state index contributed by atoms with van der Waals surface area (Å²) in [6.45, 7) is 0.140. The largest absolute Gasteiger partial charge is 0.368 e. The van der Waals surface area contributed by atoms with E-state index in [1.54, 1.807) is 36.5 Å². The number of hydrogen-bond acceptors (Lipinski definition) is 10. The molecule has 4 aromatic rings. The molecule has 0 spiro atoms. The third kappa shape index (κ3) is 14.5. The van der Waals surface area contributed by atoms with Gasteiger partial charge in [-0.25, -0.2) is 4.98 Å². The number of carbonyl (C=O) groups excluding carboxylic acids is 9. The van der Waals surface area contributed by atoms with Gasteiger partial charge in [0.15, 0.2) is 0 Å². The summed E-state index contributed by atoms with van der Waals surface area (Å²) in [6.07, 6.45) is 4.39. The molecule has 0 bridgehead atoms. The highest BCUT2D eigenvalue weighted by molar-refractivity contribution is 5.98. The molecule has 0 radical (unpaired) electrons.